The predicted octanol–water partition coefficient (Wildman–Crippen LogP) is 4.28. The maximum atomic E-state index is 14.8. The largest absolute Gasteiger partial charge is 0.573 e. The topological polar surface area (TPSA) is 150 Å². The van der Waals surface area contributed by atoms with Crippen LogP contribution >= 0.6 is 0 Å². The van der Waals surface area contributed by atoms with Gasteiger partial charge in [-0.2, -0.15) is 0 Å². The highest BCUT2D eigenvalue weighted by Gasteiger charge is 2.32. The SMILES string of the molecule is CC(C)(C)OC(=O)N1CCC(CC(=O)Nc2ccn(CCC(F)Cn3cc(C(=O)NCc4cccc(OC(F)(F)F)c4)nn3)c(=O)c2)C1. The minimum absolute atomic E-state index is 0.0377. The van der Waals surface area contributed by atoms with Crippen molar-refractivity contribution in [3.8, 4) is 5.75 Å². The number of amides is 3. The number of rotatable bonds is 12. The number of benzene rings is 1. The second kappa shape index (κ2) is 15.3. The first kappa shape index (κ1) is 35.9. The Bertz CT molecular complexity index is 1650. The van der Waals surface area contributed by atoms with Crippen molar-refractivity contribution in [2.24, 2.45) is 5.92 Å². The Hall–Kier alpha value is -4.96. The van der Waals surface area contributed by atoms with Gasteiger partial charge in [0.05, 0.1) is 12.7 Å². The third-order valence-electron chi connectivity index (χ3n) is 7.12. The molecule has 260 valence electrons. The number of ether oxygens (including phenoxy) is 2. The monoisotopic (exact) mass is 679 g/mol. The third-order valence-corrected chi connectivity index (χ3v) is 7.12. The van der Waals surface area contributed by atoms with E-state index >= 15 is 0 Å². The van der Waals surface area contributed by atoms with Gasteiger partial charge in [-0.3, -0.25) is 14.4 Å². The van der Waals surface area contributed by atoms with Gasteiger partial charge in [-0.15, -0.1) is 18.3 Å². The highest BCUT2D eigenvalue weighted by molar-refractivity contribution is 5.92. The third kappa shape index (κ3) is 11.4. The summed E-state index contributed by atoms with van der Waals surface area (Å²) in [6, 6.07) is 7.90. The molecule has 2 unspecified atom stereocenters. The van der Waals surface area contributed by atoms with Crippen LogP contribution in [0.2, 0.25) is 0 Å². The molecule has 2 N–H and O–H groups in total. The van der Waals surface area contributed by atoms with Gasteiger partial charge < -0.3 is 29.6 Å². The predicted molar refractivity (Wildman–Crippen MR) is 164 cm³/mol. The minimum Gasteiger partial charge on any atom is -0.444 e. The van der Waals surface area contributed by atoms with Crippen LogP contribution < -0.4 is 20.9 Å². The molecule has 17 heteroatoms. The van der Waals surface area contributed by atoms with Crippen LogP contribution in [0.15, 0.2) is 53.6 Å². The molecule has 0 bridgehead atoms. The molecule has 0 aliphatic carbocycles. The smallest absolute Gasteiger partial charge is 0.444 e. The number of carbonyl (C=O) groups excluding carboxylic acids is 3. The molecule has 3 aromatic rings. The summed E-state index contributed by atoms with van der Waals surface area (Å²) in [5.74, 6) is -1.42. The van der Waals surface area contributed by atoms with E-state index in [1.807, 2.05) is 0 Å². The van der Waals surface area contributed by atoms with Crippen molar-refractivity contribution in [3.05, 3.63) is 70.4 Å². The molecular weight excluding hydrogens is 642 g/mol. The van der Waals surface area contributed by atoms with Crippen LogP contribution in [-0.4, -0.2) is 73.6 Å². The number of pyridine rings is 1. The lowest BCUT2D eigenvalue weighted by molar-refractivity contribution is -0.274. The summed E-state index contributed by atoms with van der Waals surface area (Å²) in [6.07, 6.45) is -3.25. The molecule has 48 heavy (non-hydrogen) atoms. The minimum atomic E-state index is -4.85. The van der Waals surface area contributed by atoms with Crippen molar-refractivity contribution < 1.29 is 41.4 Å². The van der Waals surface area contributed by atoms with Gasteiger partial charge in [0.15, 0.2) is 5.69 Å². The molecule has 3 heterocycles. The number of hydrogen-bond acceptors (Lipinski definition) is 8. The number of nitrogens with one attached hydrogen (secondary N) is 2. The normalized spacial score (nSPS) is 15.6. The molecule has 2 atom stereocenters. The molecule has 3 amide bonds. The highest BCUT2D eigenvalue weighted by atomic mass is 19.4. The number of aryl methyl sites for hydroxylation is 1. The fraction of sp³-hybridized carbons (Fsp3) is 0.484. The van der Waals surface area contributed by atoms with Crippen LogP contribution in [0.1, 0.15) is 56.1 Å². The number of hydrogen-bond donors (Lipinski definition) is 2. The van der Waals surface area contributed by atoms with Gasteiger partial charge in [0.1, 0.15) is 17.5 Å². The standard InChI is InChI=1S/C31H37F4N7O6/c1-30(2,3)48-29(46)41-10-7-21(17-41)14-26(43)37-23-9-12-40(27(44)15-23)11-8-22(32)18-42-19-25(38-39-42)28(45)36-16-20-5-4-6-24(13-20)47-31(33,34)35/h4-6,9,12-13,15,19,21-22H,7-8,10-11,14,16-18H2,1-3H3,(H,36,45)(H,37,43). The van der Waals surface area contributed by atoms with E-state index in [0.717, 1.165) is 16.8 Å². The molecule has 1 fully saturated rings. The fourth-order valence-electron chi connectivity index (χ4n) is 4.93. The summed E-state index contributed by atoms with van der Waals surface area (Å²) in [6.45, 7) is 5.94. The van der Waals surface area contributed by atoms with Crippen molar-refractivity contribution in [1.82, 2.24) is 29.8 Å². The average molecular weight is 680 g/mol. The zero-order valence-electron chi connectivity index (χ0n) is 26.6. The number of aromatic nitrogens is 4. The van der Waals surface area contributed by atoms with Crippen LogP contribution in [0, 0.1) is 5.92 Å². The van der Waals surface area contributed by atoms with E-state index in [2.05, 4.69) is 25.7 Å². The summed E-state index contributed by atoms with van der Waals surface area (Å²) in [4.78, 5) is 51.4. The first-order chi connectivity index (χ1) is 22.5. The number of nitrogens with zero attached hydrogens (tertiary/aromatic N) is 5. The van der Waals surface area contributed by atoms with E-state index in [1.54, 1.807) is 25.7 Å². The second-order valence-corrected chi connectivity index (χ2v) is 12.4. The van der Waals surface area contributed by atoms with Crippen LogP contribution in [-0.2, 0) is 29.2 Å². The van der Waals surface area contributed by atoms with Crippen LogP contribution in [0.5, 0.6) is 5.75 Å². The van der Waals surface area contributed by atoms with Crippen LogP contribution in [0.25, 0.3) is 0 Å². The average Bonchev–Trinajstić information content (AvgIpc) is 3.64. The zero-order valence-corrected chi connectivity index (χ0v) is 26.6. The molecule has 0 radical (unpaired) electrons. The van der Waals surface area contributed by atoms with Gasteiger partial charge in [0.25, 0.3) is 11.5 Å². The van der Waals surface area contributed by atoms with Gasteiger partial charge >= 0.3 is 12.5 Å². The van der Waals surface area contributed by atoms with Crippen molar-refractivity contribution in [3.63, 3.8) is 0 Å². The quantitative estimate of drug-likeness (QED) is 0.270. The molecule has 0 saturated carbocycles. The zero-order chi connectivity index (χ0) is 35.1. The van der Waals surface area contributed by atoms with Gasteiger partial charge in [-0.1, -0.05) is 17.3 Å². The highest BCUT2D eigenvalue weighted by Crippen LogP contribution is 2.24. The van der Waals surface area contributed by atoms with E-state index in [9.17, 15) is 36.7 Å². The van der Waals surface area contributed by atoms with Crippen molar-refractivity contribution in [2.45, 2.75) is 77.8 Å². The van der Waals surface area contributed by atoms with Crippen molar-refractivity contribution in [1.29, 1.82) is 0 Å². The Morgan fingerprint density at radius 2 is 1.90 bits per heavy atom. The van der Waals surface area contributed by atoms with Gasteiger partial charge in [0.2, 0.25) is 5.91 Å². The Balaban J connectivity index is 1.19. The molecule has 1 saturated heterocycles. The number of anilines is 1. The molecular formula is C31H37F4N7O6. The Morgan fingerprint density at radius 3 is 2.60 bits per heavy atom. The molecule has 0 spiro atoms. The van der Waals surface area contributed by atoms with E-state index in [-0.39, 0.29) is 50.0 Å². The first-order valence-corrected chi connectivity index (χ1v) is 15.2. The van der Waals surface area contributed by atoms with E-state index in [4.69, 9.17) is 4.74 Å². The summed E-state index contributed by atoms with van der Waals surface area (Å²) in [5, 5.41) is 12.7. The number of carbonyl (C=O) groups is 3. The van der Waals surface area contributed by atoms with Gasteiger partial charge in [0, 0.05) is 50.6 Å². The van der Waals surface area contributed by atoms with Crippen molar-refractivity contribution in [2.75, 3.05) is 18.4 Å². The Morgan fingerprint density at radius 1 is 1.12 bits per heavy atom. The maximum Gasteiger partial charge on any atom is 0.573 e. The van der Waals surface area contributed by atoms with Crippen molar-refractivity contribution >= 4 is 23.6 Å². The number of likely N-dealkylation sites (tertiary alicyclic amines) is 1. The first-order valence-electron chi connectivity index (χ1n) is 15.2. The summed E-state index contributed by atoms with van der Waals surface area (Å²) in [7, 11) is 0. The number of halogens is 4. The lowest BCUT2D eigenvalue weighted by Crippen LogP contribution is -2.35. The number of alkyl halides is 4. The molecule has 2 aromatic heterocycles. The van der Waals surface area contributed by atoms with E-state index in [0.29, 0.717) is 30.8 Å². The molecule has 1 aromatic carbocycles. The molecule has 13 nitrogen and oxygen atoms in total. The van der Waals surface area contributed by atoms with Gasteiger partial charge in [-0.05, 0) is 63.3 Å². The van der Waals surface area contributed by atoms with E-state index < -0.39 is 41.4 Å². The Labute approximate surface area is 273 Å². The second-order valence-electron chi connectivity index (χ2n) is 12.4. The van der Waals surface area contributed by atoms with Crippen LogP contribution in [0.3, 0.4) is 0 Å². The molecule has 1 aliphatic rings. The summed E-state index contributed by atoms with van der Waals surface area (Å²) in [5.41, 5.74) is -0.512. The van der Waals surface area contributed by atoms with E-state index in [1.165, 1.54) is 41.2 Å². The molecule has 4 rings (SSSR count). The summed E-state index contributed by atoms with van der Waals surface area (Å²) < 4.78 is 63.8. The Kier molecular flexibility index (Phi) is 11.4. The molecule has 1 aliphatic heterocycles. The lowest BCUT2D eigenvalue weighted by atomic mass is 10.0. The summed E-state index contributed by atoms with van der Waals surface area (Å²) >= 11 is 0. The fourth-order valence-corrected chi connectivity index (χ4v) is 4.93. The van der Waals surface area contributed by atoms with Crippen LogP contribution in [0.4, 0.5) is 28.0 Å². The maximum absolute atomic E-state index is 14.8. The van der Waals surface area contributed by atoms with Gasteiger partial charge in [-0.25, -0.2) is 13.9 Å². The lowest BCUT2D eigenvalue weighted by Gasteiger charge is -2.24.